The van der Waals surface area contributed by atoms with Crippen molar-refractivity contribution in [1.29, 1.82) is 0 Å². The molecule has 8 nitrogen and oxygen atoms in total. The first-order valence-electron chi connectivity index (χ1n) is 12.9. The van der Waals surface area contributed by atoms with Crippen LogP contribution < -0.4 is 10.4 Å². The summed E-state index contributed by atoms with van der Waals surface area (Å²) in [7, 11) is 0. The minimum Gasteiger partial charge on any atom is -0.492 e. The van der Waals surface area contributed by atoms with Crippen molar-refractivity contribution < 1.29 is 41.4 Å². The minimum atomic E-state index is -4.74. The lowest BCUT2D eigenvalue weighted by atomic mass is 9.74. The maximum Gasteiger partial charge on any atom is 0.416 e. The lowest BCUT2D eigenvalue weighted by Gasteiger charge is -2.33. The minimum absolute atomic E-state index is 0.00262. The van der Waals surface area contributed by atoms with Crippen LogP contribution in [-0.2, 0) is 25.2 Å². The highest BCUT2D eigenvalue weighted by molar-refractivity contribution is 6.07. The van der Waals surface area contributed by atoms with Crippen molar-refractivity contribution in [2.24, 2.45) is 10.9 Å². The van der Waals surface area contributed by atoms with Crippen molar-refractivity contribution >= 4 is 28.6 Å². The summed E-state index contributed by atoms with van der Waals surface area (Å²) in [5.74, 6) is -3.98. The number of para-hydroxylation sites is 1. The molecule has 0 saturated carbocycles. The quantitative estimate of drug-likeness (QED) is 0.181. The molecular weight excluding hydrogens is 543 g/mol. The molecule has 2 heterocycles. The first-order valence-corrected chi connectivity index (χ1v) is 12.9. The molecule has 0 saturated heterocycles. The normalized spacial score (nSPS) is 17.3. The molecule has 0 spiro atoms. The number of allylic oxidation sites excluding steroid dienone is 1. The molecule has 3 aromatic rings. The average Bonchev–Trinajstić information content (AvgIpc) is 2.91. The number of benzene rings is 2. The van der Waals surface area contributed by atoms with Crippen molar-refractivity contribution in [3.05, 3.63) is 87.4 Å². The number of aliphatic imine (C=N–C) groups is 1. The van der Waals surface area contributed by atoms with Crippen LogP contribution in [0.15, 0.2) is 80.1 Å². The Morgan fingerprint density at radius 1 is 1.00 bits per heavy atom. The van der Waals surface area contributed by atoms with E-state index in [0.29, 0.717) is 16.7 Å². The van der Waals surface area contributed by atoms with E-state index in [1.165, 1.54) is 38.1 Å². The predicted octanol–water partition coefficient (Wildman–Crippen LogP) is 5.84. The molecule has 0 bridgehead atoms. The van der Waals surface area contributed by atoms with E-state index in [1.807, 2.05) is 0 Å². The van der Waals surface area contributed by atoms with E-state index in [-0.39, 0.29) is 48.8 Å². The summed E-state index contributed by atoms with van der Waals surface area (Å²) in [6, 6.07) is 12.9. The third kappa shape index (κ3) is 6.50. The average molecular weight is 572 g/mol. The van der Waals surface area contributed by atoms with Crippen molar-refractivity contribution in [2.45, 2.75) is 39.3 Å². The Morgan fingerprint density at radius 3 is 2.44 bits per heavy atom. The number of esters is 2. The molecule has 0 amide bonds. The monoisotopic (exact) mass is 571 g/mol. The fraction of sp³-hybridized carbons (Fsp3) is 0.333. The second-order valence-corrected chi connectivity index (χ2v) is 9.31. The second-order valence-electron chi connectivity index (χ2n) is 9.31. The molecule has 4 rings (SSSR count). The van der Waals surface area contributed by atoms with E-state index >= 15 is 0 Å². The number of hydrogen-bond acceptors (Lipinski definition) is 8. The Kier molecular flexibility index (Phi) is 8.95. The van der Waals surface area contributed by atoms with Gasteiger partial charge < -0.3 is 18.6 Å². The molecule has 1 aromatic heterocycles. The van der Waals surface area contributed by atoms with Gasteiger partial charge >= 0.3 is 23.7 Å². The molecular formula is C30H28F3NO7. The number of ether oxygens (including phenoxy) is 3. The van der Waals surface area contributed by atoms with E-state index in [1.54, 1.807) is 31.2 Å². The van der Waals surface area contributed by atoms with Gasteiger partial charge in [-0.2, -0.15) is 13.2 Å². The largest absolute Gasteiger partial charge is 0.492 e. The first-order chi connectivity index (χ1) is 19.5. The number of alkyl halides is 3. The number of carbonyl (C=O) groups excluding carboxylic acids is 2. The topological polar surface area (TPSA) is 104 Å². The molecule has 2 aromatic carbocycles. The standard InChI is InChI=1S/C30H28F3NO7/c1-4-38-28(36)25-17(2)34-18(3)26(27(25)19-10-5-7-12-21(19)30(31,32)33)29(37)40-15-9-14-39-23-16-24(35)41-22-13-8-6-11-20(22)23/h5-8,10-13,16,25,27H,4,9,14-15H2,1-3H3. The highest BCUT2D eigenvalue weighted by Gasteiger charge is 2.46. The van der Waals surface area contributed by atoms with E-state index in [4.69, 9.17) is 18.6 Å². The van der Waals surface area contributed by atoms with Gasteiger partial charge in [-0.1, -0.05) is 30.3 Å². The van der Waals surface area contributed by atoms with Gasteiger partial charge in [0.15, 0.2) is 0 Å². The maximum atomic E-state index is 14.0. The Bertz CT molecular complexity index is 1570. The summed E-state index contributed by atoms with van der Waals surface area (Å²) in [5.41, 5.74) is -1.23. The number of halogens is 3. The Labute approximate surface area is 233 Å². The summed E-state index contributed by atoms with van der Waals surface area (Å²) >= 11 is 0. The van der Waals surface area contributed by atoms with Crippen LogP contribution >= 0.6 is 0 Å². The molecule has 11 heteroatoms. The van der Waals surface area contributed by atoms with E-state index in [2.05, 4.69) is 4.99 Å². The summed E-state index contributed by atoms with van der Waals surface area (Å²) in [5, 5.41) is 0.594. The van der Waals surface area contributed by atoms with E-state index in [0.717, 1.165) is 6.07 Å². The SMILES string of the molecule is CCOC(=O)C1C(C)=NC(C)=C(C(=O)OCCCOc2cc(=O)oc3ccccc23)C1c1ccccc1C(F)(F)F. The van der Waals surface area contributed by atoms with Gasteiger partial charge in [0, 0.05) is 23.7 Å². The fourth-order valence-electron chi connectivity index (χ4n) is 4.89. The Hall–Kier alpha value is -4.41. The van der Waals surface area contributed by atoms with Crippen LogP contribution in [0.5, 0.6) is 5.75 Å². The number of nitrogens with zero attached hydrogens (tertiary/aromatic N) is 1. The molecule has 0 aliphatic carbocycles. The molecule has 1 aliphatic rings. The van der Waals surface area contributed by atoms with Gasteiger partial charge in [-0.3, -0.25) is 9.79 Å². The lowest BCUT2D eigenvalue weighted by Crippen LogP contribution is -2.37. The fourth-order valence-corrected chi connectivity index (χ4v) is 4.89. The zero-order chi connectivity index (χ0) is 29.7. The molecule has 2 unspecified atom stereocenters. The van der Waals surface area contributed by atoms with Gasteiger partial charge in [0.25, 0.3) is 0 Å². The number of carbonyl (C=O) groups is 2. The molecule has 2 atom stereocenters. The highest BCUT2D eigenvalue weighted by Crippen LogP contribution is 2.45. The Morgan fingerprint density at radius 2 is 1.71 bits per heavy atom. The van der Waals surface area contributed by atoms with Crippen LogP contribution in [0.1, 0.15) is 44.2 Å². The summed E-state index contributed by atoms with van der Waals surface area (Å²) in [4.78, 5) is 42.5. The van der Waals surface area contributed by atoms with Crippen LogP contribution in [0.25, 0.3) is 11.0 Å². The van der Waals surface area contributed by atoms with Crippen LogP contribution in [0.4, 0.5) is 13.2 Å². The van der Waals surface area contributed by atoms with Crippen molar-refractivity contribution in [2.75, 3.05) is 19.8 Å². The van der Waals surface area contributed by atoms with Gasteiger partial charge in [-0.15, -0.1) is 0 Å². The summed E-state index contributed by atoms with van der Waals surface area (Å²) in [6.45, 7) is 4.51. The highest BCUT2D eigenvalue weighted by atomic mass is 19.4. The van der Waals surface area contributed by atoms with Crippen LogP contribution in [-0.4, -0.2) is 37.5 Å². The molecule has 0 N–H and O–H groups in total. The molecule has 41 heavy (non-hydrogen) atoms. The Balaban J connectivity index is 1.56. The van der Waals surface area contributed by atoms with Crippen LogP contribution in [0, 0.1) is 5.92 Å². The van der Waals surface area contributed by atoms with Gasteiger partial charge in [-0.05, 0) is 44.5 Å². The van der Waals surface area contributed by atoms with Crippen molar-refractivity contribution in [3.8, 4) is 5.75 Å². The molecule has 216 valence electrons. The number of hydrogen-bond donors (Lipinski definition) is 0. The van der Waals surface area contributed by atoms with Gasteiger partial charge in [-0.25, -0.2) is 9.59 Å². The zero-order valence-corrected chi connectivity index (χ0v) is 22.6. The van der Waals surface area contributed by atoms with Crippen molar-refractivity contribution in [1.82, 2.24) is 0 Å². The van der Waals surface area contributed by atoms with Crippen LogP contribution in [0.2, 0.25) is 0 Å². The van der Waals surface area contributed by atoms with Gasteiger partial charge in [0.2, 0.25) is 0 Å². The maximum absolute atomic E-state index is 14.0. The van der Waals surface area contributed by atoms with Gasteiger partial charge in [0.05, 0.1) is 42.4 Å². The number of fused-ring (bicyclic) bond motifs is 1. The first kappa shape index (κ1) is 29.6. The second kappa shape index (κ2) is 12.4. The third-order valence-electron chi connectivity index (χ3n) is 6.58. The molecule has 0 radical (unpaired) electrons. The number of rotatable bonds is 9. The smallest absolute Gasteiger partial charge is 0.416 e. The summed E-state index contributed by atoms with van der Waals surface area (Å²) in [6.07, 6.45) is -4.53. The zero-order valence-electron chi connectivity index (χ0n) is 22.6. The van der Waals surface area contributed by atoms with E-state index in [9.17, 15) is 27.6 Å². The molecule has 1 aliphatic heterocycles. The predicted molar refractivity (Wildman–Crippen MR) is 144 cm³/mol. The van der Waals surface area contributed by atoms with Crippen LogP contribution in [0.3, 0.4) is 0 Å². The lowest BCUT2D eigenvalue weighted by molar-refractivity contribution is -0.147. The van der Waals surface area contributed by atoms with E-state index < -0.39 is 41.1 Å². The molecule has 0 fully saturated rings. The summed E-state index contributed by atoms with van der Waals surface area (Å²) < 4.78 is 63.6. The van der Waals surface area contributed by atoms with Crippen molar-refractivity contribution in [3.63, 3.8) is 0 Å². The van der Waals surface area contributed by atoms with Gasteiger partial charge in [0.1, 0.15) is 17.3 Å². The third-order valence-corrected chi connectivity index (χ3v) is 6.58.